The Hall–Kier alpha value is -1.61. The lowest BCUT2D eigenvalue weighted by atomic mass is 10.2. The molecule has 0 heterocycles. The van der Waals surface area contributed by atoms with Gasteiger partial charge in [0.15, 0.2) is 0 Å². The maximum atomic E-state index is 11.9. The number of carbonyl (C=O) groups is 1. The average Bonchev–Trinajstić information content (AvgIpc) is 2.61. The number of aliphatic hydroxyl groups excluding tert-OH is 1. The number of nitrogens with zero attached hydrogens (tertiary/aromatic N) is 1. The van der Waals surface area contributed by atoms with Crippen molar-refractivity contribution < 1.29 is 28.2 Å². The van der Waals surface area contributed by atoms with Crippen LogP contribution in [0.2, 0.25) is 5.02 Å². The SMILES string of the molecule is CS(=O)(=O)N(C/C=C\CCCC(=O)O)CCCC(O)COc1ccccc1Cl. The first kappa shape index (κ1) is 24.4. The van der Waals surface area contributed by atoms with Crippen molar-refractivity contribution in [3.63, 3.8) is 0 Å². The van der Waals surface area contributed by atoms with Gasteiger partial charge in [-0.3, -0.25) is 4.79 Å². The summed E-state index contributed by atoms with van der Waals surface area (Å²) in [6.07, 6.45) is 5.98. The summed E-state index contributed by atoms with van der Waals surface area (Å²) in [6, 6.07) is 6.98. The fourth-order valence-corrected chi connectivity index (χ4v) is 3.42. The Labute approximate surface area is 171 Å². The van der Waals surface area contributed by atoms with Crippen molar-refractivity contribution in [1.29, 1.82) is 0 Å². The lowest BCUT2D eigenvalue weighted by molar-refractivity contribution is -0.137. The first-order valence-electron chi connectivity index (χ1n) is 9.07. The zero-order valence-corrected chi connectivity index (χ0v) is 17.5. The Morgan fingerprint density at radius 2 is 2.00 bits per heavy atom. The number of halogens is 1. The highest BCUT2D eigenvalue weighted by molar-refractivity contribution is 7.88. The molecule has 0 spiro atoms. The van der Waals surface area contributed by atoms with E-state index in [1.165, 1.54) is 4.31 Å². The highest BCUT2D eigenvalue weighted by atomic mass is 35.5. The number of aliphatic carboxylic acids is 1. The minimum atomic E-state index is -3.37. The van der Waals surface area contributed by atoms with Crippen molar-refractivity contribution in [1.82, 2.24) is 4.31 Å². The van der Waals surface area contributed by atoms with E-state index in [2.05, 4.69) is 0 Å². The van der Waals surface area contributed by atoms with Crippen LogP contribution in [0.1, 0.15) is 32.1 Å². The van der Waals surface area contributed by atoms with Gasteiger partial charge in [0.05, 0.1) is 17.4 Å². The van der Waals surface area contributed by atoms with Crippen LogP contribution in [-0.4, -0.2) is 61.0 Å². The van der Waals surface area contributed by atoms with Gasteiger partial charge in [-0.05, 0) is 37.8 Å². The molecule has 1 unspecified atom stereocenters. The van der Waals surface area contributed by atoms with Gasteiger partial charge in [-0.25, -0.2) is 8.42 Å². The lowest BCUT2D eigenvalue weighted by Gasteiger charge is -2.19. The molecule has 1 atom stereocenters. The number of sulfonamides is 1. The van der Waals surface area contributed by atoms with E-state index in [1.807, 2.05) is 0 Å². The summed E-state index contributed by atoms with van der Waals surface area (Å²) < 4.78 is 30.6. The minimum absolute atomic E-state index is 0.0755. The monoisotopic (exact) mass is 433 g/mol. The fraction of sp³-hybridized carbons (Fsp3) is 0.526. The van der Waals surface area contributed by atoms with E-state index in [0.29, 0.717) is 36.5 Å². The summed E-state index contributed by atoms with van der Waals surface area (Å²) in [5.41, 5.74) is 0. The molecule has 0 aliphatic carbocycles. The van der Waals surface area contributed by atoms with E-state index in [1.54, 1.807) is 36.4 Å². The first-order valence-corrected chi connectivity index (χ1v) is 11.3. The molecule has 0 aromatic heterocycles. The Kier molecular flexibility index (Phi) is 11.1. The third-order valence-electron chi connectivity index (χ3n) is 3.92. The first-order chi connectivity index (χ1) is 13.2. The van der Waals surface area contributed by atoms with Gasteiger partial charge in [0.25, 0.3) is 0 Å². The van der Waals surface area contributed by atoms with Gasteiger partial charge in [0.2, 0.25) is 10.0 Å². The number of carboxylic acids is 1. The molecule has 0 aliphatic rings. The molecule has 0 amide bonds. The van der Waals surface area contributed by atoms with Crippen molar-refractivity contribution in [3.8, 4) is 5.75 Å². The smallest absolute Gasteiger partial charge is 0.303 e. The lowest BCUT2D eigenvalue weighted by Crippen LogP contribution is -2.32. The van der Waals surface area contributed by atoms with Crippen LogP contribution in [0.15, 0.2) is 36.4 Å². The highest BCUT2D eigenvalue weighted by Crippen LogP contribution is 2.23. The Morgan fingerprint density at radius 3 is 2.64 bits per heavy atom. The number of unbranched alkanes of at least 4 members (excludes halogenated alkanes) is 1. The molecule has 9 heteroatoms. The van der Waals surface area contributed by atoms with Crippen molar-refractivity contribution >= 4 is 27.6 Å². The molecule has 0 radical (unpaired) electrons. The van der Waals surface area contributed by atoms with Gasteiger partial charge in [0.1, 0.15) is 12.4 Å². The fourth-order valence-electron chi connectivity index (χ4n) is 2.41. The molecule has 0 fully saturated rings. The number of ether oxygens (including phenoxy) is 1. The van der Waals surface area contributed by atoms with Crippen LogP contribution in [0, 0.1) is 0 Å². The standard InChI is InChI=1S/C19H28ClNO6S/c1-28(25,26)21(13-7-3-2-4-12-19(23)24)14-8-9-16(22)15-27-18-11-6-5-10-17(18)20/h3,5-7,10-11,16,22H,2,4,8-9,12-15H2,1H3,(H,23,24)/b7-3-. The van der Waals surface area contributed by atoms with E-state index >= 15 is 0 Å². The van der Waals surface area contributed by atoms with Gasteiger partial charge in [-0.1, -0.05) is 35.9 Å². The Morgan fingerprint density at radius 1 is 1.29 bits per heavy atom. The van der Waals surface area contributed by atoms with Gasteiger partial charge >= 0.3 is 5.97 Å². The number of aliphatic hydroxyl groups is 1. The summed E-state index contributed by atoms with van der Waals surface area (Å²) in [5.74, 6) is -0.350. The van der Waals surface area contributed by atoms with Crippen molar-refractivity contribution in [3.05, 3.63) is 41.4 Å². The Balaban J connectivity index is 2.35. The van der Waals surface area contributed by atoms with E-state index in [4.69, 9.17) is 21.4 Å². The average molecular weight is 434 g/mol. The zero-order chi connectivity index (χ0) is 21.0. The summed E-state index contributed by atoms with van der Waals surface area (Å²) in [4.78, 5) is 10.4. The highest BCUT2D eigenvalue weighted by Gasteiger charge is 2.16. The van der Waals surface area contributed by atoms with E-state index in [9.17, 15) is 18.3 Å². The molecular weight excluding hydrogens is 406 g/mol. The maximum absolute atomic E-state index is 11.9. The molecular formula is C19H28ClNO6S. The topological polar surface area (TPSA) is 104 Å². The maximum Gasteiger partial charge on any atom is 0.303 e. The third kappa shape index (κ3) is 10.7. The largest absolute Gasteiger partial charge is 0.489 e. The van der Waals surface area contributed by atoms with Crippen molar-refractivity contribution in [2.75, 3.05) is 26.0 Å². The van der Waals surface area contributed by atoms with Gasteiger partial charge in [0, 0.05) is 19.5 Å². The van der Waals surface area contributed by atoms with Crippen LogP contribution in [0.4, 0.5) is 0 Å². The second-order valence-electron chi connectivity index (χ2n) is 6.42. The molecule has 0 saturated carbocycles. The van der Waals surface area contributed by atoms with Crippen LogP contribution >= 0.6 is 11.6 Å². The molecule has 0 bridgehead atoms. The number of rotatable bonds is 14. The zero-order valence-electron chi connectivity index (χ0n) is 16.0. The predicted octanol–water partition coefficient (Wildman–Crippen LogP) is 2.93. The molecule has 1 rings (SSSR count). The normalized spacial score (nSPS) is 13.1. The van der Waals surface area contributed by atoms with E-state index < -0.39 is 22.1 Å². The van der Waals surface area contributed by atoms with Crippen molar-refractivity contribution in [2.24, 2.45) is 0 Å². The van der Waals surface area contributed by atoms with Crippen LogP contribution in [0.5, 0.6) is 5.75 Å². The molecule has 2 N–H and O–H groups in total. The second kappa shape index (κ2) is 12.8. The van der Waals surface area contributed by atoms with Crippen LogP contribution in [0.3, 0.4) is 0 Å². The van der Waals surface area contributed by atoms with Gasteiger partial charge in [-0.2, -0.15) is 4.31 Å². The van der Waals surface area contributed by atoms with E-state index in [0.717, 1.165) is 6.26 Å². The number of hydrogen-bond donors (Lipinski definition) is 2. The van der Waals surface area contributed by atoms with Crippen LogP contribution in [0.25, 0.3) is 0 Å². The molecule has 1 aromatic carbocycles. The number of hydrogen-bond acceptors (Lipinski definition) is 5. The molecule has 0 saturated heterocycles. The molecule has 158 valence electrons. The van der Waals surface area contributed by atoms with Gasteiger partial charge < -0.3 is 14.9 Å². The van der Waals surface area contributed by atoms with E-state index in [-0.39, 0.29) is 26.1 Å². The number of para-hydroxylation sites is 1. The number of benzene rings is 1. The quantitative estimate of drug-likeness (QED) is 0.345. The molecule has 0 aliphatic heterocycles. The predicted molar refractivity (Wildman–Crippen MR) is 109 cm³/mol. The summed E-state index contributed by atoms with van der Waals surface area (Å²) in [7, 11) is -3.37. The minimum Gasteiger partial charge on any atom is -0.489 e. The summed E-state index contributed by atoms with van der Waals surface area (Å²) >= 11 is 5.98. The molecule has 1 aromatic rings. The molecule has 28 heavy (non-hydrogen) atoms. The molecule has 7 nitrogen and oxygen atoms in total. The van der Waals surface area contributed by atoms with Crippen LogP contribution in [-0.2, 0) is 14.8 Å². The third-order valence-corrected chi connectivity index (χ3v) is 5.50. The number of allylic oxidation sites excluding steroid dienone is 1. The van der Waals surface area contributed by atoms with Gasteiger partial charge in [-0.15, -0.1) is 0 Å². The number of carboxylic acid groups (broad SMARTS) is 1. The van der Waals surface area contributed by atoms with Crippen molar-refractivity contribution in [2.45, 2.75) is 38.2 Å². The van der Waals surface area contributed by atoms with Crippen LogP contribution < -0.4 is 4.74 Å². The summed E-state index contributed by atoms with van der Waals surface area (Å²) in [6.45, 7) is 0.575. The second-order valence-corrected chi connectivity index (χ2v) is 8.81. The Bertz CT molecular complexity index is 738. The summed E-state index contributed by atoms with van der Waals surface area (Å²) in [5, 5.41) is 19.1.